The van der Waals surface area contributed by atoms with E-state index in [1.165, 1.54) is 12.1 Å². The van der Waals surface area contributed by atoms with E-state index in [9.17, 15) is 26.7 Å². The van der Waals surface area contributed by atoms with E-state index in [1.54, 1.807) is 10.9 Å². The monoisotopic (exact) mass is 454 g/mol. The fourth-order valence-corrected chi connectivity index (χ4v) is 3.80. The van der Waals surface area contributed by atoms with Crippen LogP contribution in [0.1, 0.15) is 54.3 Å². The number of fused-ring (bicyclic) bond motifs is 1. The molecule has 1 N–H and O–H groups in total. The number of carbonyl (C=O) groups is 1. The number of hydrogen-bond donors (Lipinski definition) is 1. The molecule has 1 fully saturated rings. The van der Waals surface area contributed by atoms with Gasteiger partial charge in [-0.05, 0) is 31.0 Å². The van der Waals surface area contributed by atoms with E-state index in [2.05, 4.69) is 20.1 Å². The summed E-state index contributed by atoms with van der Waals surface area (Å²) in [5, 5.41) is 7.36. The number of carbonyl (C=O) groups excluding carboxylic acids is 1. The van der Waals surface area contributed by atoms with Crippen LogP contribution in [-0.2, 0) is 6.18 Å². The molecular formula is C21H19F5N4O2. The first kappa shape index (κ1) is 22.0. The van der Waals surface area contributed by atoms with Crippen molar-refractivity contribution in [3.63, 3.8) is 0 Å². The van der Waals surface area contributed by atoms with Gasteiger partial charge in [0.05, 0.1) is 17.2 Å². The van der Waals surface area contributed by atoms with E-state index in [-0.39, 0.29) is 17.5 Å². The molecule has 0 bridgehead atoms. The van der Waals surface area contributed by atoms with Crippen LogP contribution in [0.4, 0.5) is 27.6 Å². The zero-order valence-electron chi connectivity index (χ0n) is 16.7. The molecule has 1 amide bonds. The lowest BCUT2D eigenvalue weighted by Gasteiger charge is -2.21. The highest BCUT2D eigenvalue weighted by Crippen LogP contribution is 2.34. The Kier molecular flexibility index (Phi) is 5.98. The maximum atomic E-state index is 12.9. The number of benzene rings is 1. The van der Waals surface area contributed by atoms with Crippen LogP contribution in [0, 0.1) is 0 Å². The highest BCUT2D eigenvalue weighted by molar-refractivity contribution is 6.05. The van der Waals surface area contributed by atoms with Gasteiger partial charge in [-0.3, -0.25) is 9.48 Å². The third-order valence-corrected chi connectivity index (χ3v) is 5.31. The number of nitrogens with zero attached hydrogens (tertiary/aromatic N) is 3. The number of anilines is 1. The summed E-state index contributed by atoms with van der Waals surface area (Å²) in [6, 6.07) is 5.74. The number of nitrogens with one attached hydrogen (secondary N) is 1. The smallest absolute Gasteiger partial charge is 0.433 e. The number of ether oxygens (including phenoxy) is 1. The second-order valence-electron chi connectivity index (χ2n) is 7.55. The first-order chi connectivity index (χ1) is 15.2. The van der Waals surface area contributed by atoms with Gasteiger partial charge in [0.15, 0.2) is 5.75 Å². The number of amides is 1. The van der Waals surface area contributed by atoms with Crippen LogP contribution in [0.2, 0.25) is 0 Å². The zero-order valence-corrected chi connectivity index (χ0v) is 16.7. The summed E-state index contributed by atoms with van der Waals surface area (Å²) in [5.41, 5.74) is -1.47. The van der Waals surface area contributed by atoms with Gasteiger partial charge >= 0.3 is 12.8 Å². The largest absolute Gasteiger partial charge is 0.433 e. The van der Waals surface area contributed by atoms with Gasteiger partial charge in [0, 0.05) is 17.6 Å². The standard InChI is InChI=1S/C21H19F5N4O2/c22-20(23)32-17-10-15-12(11-30(29-15)13-5-2-1-3-6-13)9-16(17)28-19(31)14-7-4-8-18(27-14)21(24,25)26/h4,7-11,13,20H,1-3,5-6H2,(H,28,31). The Morgan fingerprint density at radius 2 is 1.91 bits per heavy atom. The van der Waals surface area contributed by atoms with Crippen LogP contribution >= 0.6 is 0 Å². The predicted molar refractivity (Wildman–Crippen MR) is 106 cm³/mol. The van der Waals surface area contributed by atoms with Crippen LogP contribution in [0.25, 0.3) is 10.9 Å². The highest BCUT2D eigenvalue weighted by Gasteiger charge is 2.33. The molecule has 0 aliphatic heterocycles. The van der Waals surface area contributed by atoms with Crippen molar-refractivity contribution in [1.82, 2.24) is 14.8 Å². The second kappa shape index (κ2) is 8.71. The van der Waals surface area contributed by atoms with E-state index in [1.807, 2.05) is 0 Å². The fourth-order valence-electron chi connectivity index (χ4n) is 3.80. The molecule has 170 valence electrons. The third kappa shape index (κ3) is 4.81. The molecule has 1 aliphatic rings. The summed E-state index contributed by atoms with van der Waals surface area (Å²) >= 11 is 0. The molecule has 32 heavy (non-hydrogen) atoms. The minimum absolute atomic E-state index is 0.120. The van der Waals surface area contributed by atoms with Crippen LogP contribution in [-0.4, -0.2) is 27.3 Å². The van der Waals surface area contributed by atoms with E-state index in [0.29, 0.717) is 10.9 Å². The Morgan fingerprint density at radius 3 is 2.59 bits per heavy atom. The van der Waals surface area contributed by atoms with E-state index in [4.69, 9.17) is 0 Å². The molecule has 0 saturated heterocycles. The van der Waals surface area contributed by atoms with Crippen molar-refractivity contribution in [3.05, 3.63) is 47.9 Å². The number of rotatable bonds is 5. The summed E-state index contributed by atoms with van der Waals surface area (Å²) in [6.45, 7) is -3.17. The van der Waals surface area contributed by atoms with Crippen molar-refractivity contribution < 1.29 is 31.5 Å². The molecule has 1 aromatic carbocycles. The first-order valence-corrected chi connectivity index (χ1v) is 10.0. The molecule has 2 aromatic heterocycles. The minimum atomic E-state index is -4.73. The number of alkyl halides is 5. The molecule has 0 unspecified atom stereocenters. The Hall–Kier alpha value is -3.24. The fraction of sp³-hybridized carbons (Fsp3) is 0.381. The number of pyridine rings is 1. The number of hydrogen-bond acceptors (Lipinski definition) is 4. The SMILES string of the molecule is O=C(Nc1cc2cn(C3CCCCC3)nc2cc1OC(F)F)c1cccc(C(F)(F)F)n1. The first-order valence-electron chi connectivity index (χ1n) is 10.0. The maximum absolute atomic E-state index is 12.9. The second-order valence-corrected chi connectivity index (χ2v) is 7.55. The Balaban J connectivity index is 1.66. The lowest BCUT2D eigenvalue weighted by molar-refractivity contribution is -0.141. The van der Waals surface area contributed by atoms with Crippen molar-refractivity contribution >= 4 is 22.5 Å². The van der Waals surface area contributed by atoms with E-state index < -0.39 is 30.1 Å². The molecule has 0 spiro atoms. The summed E-state index contributed by atoms with van der Waals surface area (Å²) in [5.74, 6) is -1.34. The quantitative estimate of drug-likeness (QED) is 0.494. The van der Waals surface area contributed by atoms with Crippen LogP contribution in [0.15, 0.2) is 36.5 Å². The molecule has 6 nitrogen and oxygen atoms in total. The Labute approximate surface area is 179 Å². The van der Waals surface area contributed by atoms with Crippen LogP contribution in [0.3, 0.4) is 0 Å². The van der Waals surface area contributed by atoms with Gasteiger partial charge in [-0.2, -0.15) is 27.1 Å². The molecule has 1 aliphatic carbocycles. The summed E-state index contributed by atoms with van der Waals surface area (Å²) < 4.78 is 70.9. The highest BCUT2D eigenvalue weighted by atomic mass is 19.4. The zero-order chi connectivity index (χ0) is 22.9. The summed E-state index contributed by atoms with van der Waals surface area (Å²) in [7, 11) is 0. The van der Waals surface area contributed by atoms with Crippen molar-refractivity contribution in [2.75, 3.05) is 5.32 Å². The van der Waals surface area contributed by atoms with Gasteiger partial charge in [-0.15, -0.1) is 0 Å². The summed E-state index contributed by atoms with van der Waals surface area (Å²) in [6.07, 6.45) is 2.25. The third-order valence-electron chi connectivity index (χ3n) is 5.31. The van der Waals surface area contributed by atoms with Crippen molar-refractivity contribution in [2.45, 2.75) is 50.9 Å². The Bertz CT molecular complexity index is 1120. The lowest BCUT2D eigenvalue weighted by Crippen LogP contribution is -2.18. The molecule has 3 aromatic rings. The van der Waals surface area contributed by atoms with Gasteiger partial charge in [0.1, 0.15) is 11.4 Å². The van der Waals surface area contributed by atoms with Crippen LogP contribution in [0.5, 0.6) is 5.75 Å². The van der Waals surface area contributed by atoms with E-state index >= 15 is 0 Å². The lowest BCUT2D eigenvalue weighted by atomic mass is 9.96. The van der Waals surface area contributed by atoms with Gasteiger partial charge < -0.3 is 10.1 Å². The minimum Gasteiger partial charge on any atom is -0.433 e. The van der Waals surface area contributed by atoms with Gasteiger partial charge in [-0.25, -0.2) is 4.98 Å². The van der Waals surface area contributed by atoms with Crippen molar-refractivity contribution in [2.24, 2.45) is 0 Å². The van der Waals surface area contributed by atoms with E-state index in [0.717, 1.165) is 50.3 Å². The molecule has 4 rings (SSSR count). The van der Waals surface area contributed by atoms with Gasteiger partial charge in [0.2, 0.25) is 0 Å². The molecule has 0 radical (unpaired) electrons. The normalized spacial score (nSPS) is 15.3. The average molecular weight is 454 g/mol. The molecule has 0 atom stereocenters. The van der Waals surface area contributed by atoms with Gasteiger partial charge in [-0.1, -0.05) is 25.3 Å². The predicted octanol–water partition coefficient (Wildman–Crippen LogP) is 5.81. The topological polar surface area (TPSA) is 69.0 Å². The maximum Gasteiger partial charge on any atom is 0.433 e. The molecule has 11 heteroatoms. The van der Waals surface area contributed by atoms with Crippen molar-refractivity contribution in [1.29, 1.82) is 0 Å². The van der Waals surface area contributed by atoms with Crippen LogP contribution < -0.4 is 10.1 Å². The molecular weight excluding hydrogens is 435 g/mol. The van der Waals surface area contributed by atoms with Crippen molar-refractivity contribution in [3.8, 4) is 5.75 Å². The number of aromatic nitrogens is 3. The average Bonchev–Trinajstić information content (AvgIpc) is 3.16. The summed E-state index contributed by atoms with van der Waals surface area (Å²) in [4.78, 5) is 15.8. The number of halogens is 5. The molecule has 2 heterocycles. The molecule has 1 saturated carbocycles. The van der Waals surface area contributed by atoms with Gasteiger partial charge in [0.25, 0.3) is 5.91 Å². The Morgan fingerprint density at radius 1 is 1.16 bits per heavy atom.